The van der Waals surface area contributed by atoms with E-state index in [0.717, 1.165) is 0 Å². The number of aliphatic hydroxyl groups excluding tert-OH is 1. The van der Waals surface area contributed by atoms with Crippen LogP contribution in [0.15, 0.2) is 24.3 Å². The molecule has 1 atom stereocenters. The first-order valence-electron chi connectivity index (χ1n) is 8.51. The lowest BCUT2D eigenvalue weighted by atomic mass is 10.1. The lowest BCUT2D eigenvalue weighted by molar-refractivity contribution is -0.205. The molecule has 162 valence electrons. The second-order valence-electron chi connectivity index (χ2n) is 6.85. The Morgan fingerprint density at radius 2 is 1.50 bits per heavy atom. The quantitative estimate of drug-likeness (QED) is 0.374. The fraction of sp³-hybridized carbons (Fsp3) is 0.632. The van der Waals surface area contributed by atoms with Gasteiger partial charge in [0.25, 0.3) is 0 Å². The molecule has 0 aliphatic rings. The largest absolute Gasteiger partial charge is 0.460 e. The molecule has 0 aliphatic heterocycles. The van der Waals surface area contributed by atoms with Crippen LogP contribution in [0.25, 0.3) is 0 Å². The summed E-state index contributed by atoms with van der Waals surface area (Å²) in [6.45, 7) is 15.2. The van der Waals surface area contributed by atoms with E-state index in [9.17, 15) is 23.2 Å². The van der Waals surface area contributed by atoms with Gasteiger partial charge < -0.3 is 19.3 Å². The van der Waals surface area contributed by atoms with Gasteiger partial charge in [0.1, 0.15) is 12.2 Å². The summed E-state index contributed by atoms with van der Waals surface area (Å²) >= 11 is 0. The maximum Gasteiger partial charge on any atom is 0.381 e. The lowest BCUT2D eigenvalue weighted by Crippen LogP contribution is -2.47. The molecule has 0 saturated heterocycles. The molecule has 0 spiro atoms. The first-order valence-corrected chi connectivity index (χ1v) is 8.51. The zero-order chi connectivity index (χ0) is 22.7. The van der Waals surface area contributed by atoms with Crippen molar-refractivity contribution in [3.8, 4) is 0 Å². The first-order chi connectivity index (χ1) is 12.6. The van der Waals surface area contributed by atoms with E-state index in [1.165, 1.54) is 34.6 Å². The summed E-state index contributed by atoms with van der Waals surface area (Å²) < 4.78 is 41.4. The van der Waals surface area contributed by atoms with Crippen LogP contribution in [0, 0.1) is 0 Å². The van der Waals surface area contributed by atoms with E-state index in [2.05, 4.69) is 27.4 Å². The van der Waals surface area contributed by atoms with E-state index in [-0.39, 0.29) is 25.2 Å². The third-order valence-electron chi connectivity index (χ3n) is 2.72. The van der Waals surface area contributed by atoms with E-state index in [1.807, 2.05) is 0 Å². The van der Waals surface area contributed by atoms with Crippen molar-refractivity contribution in [1.82, 2.24) is 0 Å². The van der Waals surface area contributed by atoms with Gasteiger partial charge in [-0.2, -0.15) is 8.78 Å². The maximum atomic E-state index is 13.9. The van der Waals surface area contributed by atoms with Crippen molar-refractivity contribution in [1.29, 1.82) is 0 Å². The van der Waals surface area contributed by atoms with Crippen LogP contribution in [0.1, 0.15) is 48.0 Å². The minimum atomic E-state index is -3.90. The molecule has 0 fully saturated rings. The molecule has 1 N–H and O–H groups in total. The number of hydrogen-bond donors (Lipinski definition) is 1. The summed E-state index contributed by atoms with van der Waals surface area (Å²) in [5.41, 5.74) is -0.709. The van der Waals surface area contributed by atoms with Gasteiger partial charge in [0, 0.05) is 11.1 Å². The van der Waals surface area contributed by atoms with E-state index >= 15 is 0 Å². The summed E-state index contributed by atoms with van der Waals surface area (Å²) in [5.74, 6) is -7.02. The molecule has 0 aromatic heterocycles. The van der Waals surface area contributed by atoms with Crippen LogP contribution in [-0.2, 0) is 28.6 Å². The van der Waals surface area contributed by atoms with Crippen molar-refractivity contribution in [3.63, 3.8) is 0 Å². The van der Waals surface area contributed by atoms with Crippen LogP contribution >= 0.6 is 0 Å². The number of carbonyl (C=O) groups excluding carboxylic acids is 3. The third kappa shape index (κ3) is 11.4. The molecule has 0 heterocycles. The van der Waals surface area contributed by atoms with Gasteiger partial charge in [0.15, 0.2) is 6.10 Å². The van der Waals surface area contributed by atoms with Gasteiger partial charge in [-0.1, -0.05) is 20.1 Å². The number of rotatable bonds is 8. The molecule has 0 amide bonds. The van der Waals surface area contributed by atoms with Gasteiger partial charge in [-0.15, -0.1) is 0 Å². The lowest BCUT2D eigenvalue weighted by Gasteiger charge is -2.28. The summed E-state index contributed by atoms with van der Waals surface area (Å²) in [6, 6.07) is 0. The number of esters is 3. The monoisotopic (exact) mass is 408 g/mol. The first kappa shape index (κ1) is 27.9. The molecular weight excluding hydrogens is 378 g/mol. The molecule has 0 aromatic carbocycles. The molecule has 1 unspecified atom stereocenters. The van der Waals surface area contributed by atoms with Gasteiger partial charge in [0.05, 0.1) is 6.61 Å². The standard InChI is InChI=1S/C13H20F2O4.C6H10O3/c1-7-9(18-10(16)8(2)3)13(14,15)11(17)19-12(4,5)6;1-5(2)6(8)9-4-3-7/h9H,2,7H2,1,3-6H3;7H,1,3-4H2,2H3. The molecule has 0 saturated carbocycles. The highest BCUT2D eigenvalue weighted by Gasteiger charge is 2.51. The summed E-state index contributed by atoms with van der Waals surface area (Å²) in [6.07, 6.45) is -2.09. The minimum absolute atomic E-state index is 0.0153. The second-order valence-corrected chi connectivity index (χ2v) is 6.85. The Kier molecular flexibility index (Phi) is 12.2. The van der Waals surface area contributed by atoms with Crippen LogP contribution in [0.3, 0.4) is 0 Å². The number of hydrogen-bond acceptors (Lipinski definition) is 7. The average Bonchev–Trinajstić information content (AvgIpc) is 2.55. The van der Waals surface area contributed by atoms with E-state index < -0.39 is 35.5 Å². The molecular formula is C19H30F2O7. The molecule has 0 radical (unpaired) electrons. The molecule has 0 aromatic rings. The predicted octanol–water partition coefficient (Wildman–Crippen LogP) is 2.96. The van der Waals surface area contributed by atoms with Crippen molar-refractivity contribution >= 4 is 17.9 Å². The Labute approximate surface area is 164 Å². The Hall–Kier alpha value is -2.29. The zero-order valence-electron chi connectivity index (χ0n) is 17.3. The summed E-state index contributed by atoms with van der Waals surface area (Å²) in [7, 11) is 0. The Morgan fingerprint density at radius 1 is 1.04 bits per heavy atom. The van der Waals surface area contributed by atoms with Gasteiger partial charge in [-0.25, -0.2) is 14.4 Å². The van der Waals surface area contributed by atoms with Crippen LogP contribution in [-0.4, -0.2) is 53.9 Å². The van der Waals surface area contributed by atoms with Gasteiger partial charge in [0.2, 0.25) is 0 Å². The topological polar surface area (TPSA) is 99.1 Å². The average molecular weight is 408 g/mol. The normalized spacial score (nSPS) is 12.0. The van der Waals surface area contributed by atoms with E-state index in [1.54, 1.807) is 6.92 Å². The molecule has 7 nitrogen and oxygen atoms in total. The fourth-order valence-corrected chi connectivity index (χ4v) is 1.38. The minimum Gasteiger partial charge on any atom is -0.460 e. The number of carbonyl (C=O) groups is 3. The van der Waals surface area contributed by atoms with Crippen LogP contribution in [0.2, 0.25) is 0 Å². The molecule has 0 rings (SSSR count). The summed E-state index contributed by atoms with van der Waals surface area (Å²) in [4.78, 5) is 33.2. The fourth-order valence-electron chi connectivity index (χ4n) is 1.38. The summed E-state index contributed by atoms with van der Waals surface area (Å²) in [5, 5.41) is 8.19. The van der Waals surface area contributed by atoms with E-state index in [4.69, 9.17) is 5.11 Å². The zero-order valence-corrected chi connectivity index (χ0v) is 17.3. The highest BCUT2D eigenvalue weighted by Crippen LogP contribution is 2.28. The molecule has 9 heteroatoms. The molecule has 28 heavy (non-hydrogen) atoms. The molecule has 0 aliphatic carbocycles. The van der Waals surface area contributed by atoms with Crippen LogP contribution in [0.5, 0.6) is 0 Å². The number of alkyl halides is 2. The van der Waals surface area contributed by atoms with Crippen molar-refractivity contribution in [3.05, 3.63) is 24.3 Å². The smallest absolute Gasteiger partial charge is 0.381 e. The second kappa shape index (κ2) is 12.2. The Morgan fingerprint density at radius 3 is 1.82 bits per heavy atom. The Bertz CT molecular complexity index is 577. The number of halogens is 2. The highest BCUT2D eigenvalue weighted by molar-refractivity contribution is 5.88. The van der Waals surface area contributed by atoms with Crippen molar-refractivity contribution < 1.29 is 42.5 Å². The highest BCUT2D eigenvalue weighted by atomic mass is 19.3. The van der Waals surface area contributed by atoms with Crippen LogP contribution < -0.4 is 0 Å². The number of ether oxygens (including phenoxy) is 3. The Balaban J connectivity index is 0. The molecule has 0 bridgehead atoms. The SMILES string of the molecule is C=C(C)C(=O)OC(CC)C(F)(F)C(=O)OC(C)(C)C.C=C(C)C(=O)OCCO. The van der Waals surface area contributed by atoms with Crippen LogP contribution in [0.4, 0.5) is 8.78 Å². The van der Waals surface area contributed by atoms with Crippen molar-refractivity contribution in [2.45, 2.75) is 65.6 Å². The van der Waals surface area contributed by atoms with Gasteiger partial charge >= 0.3 is 23.8 Å². The van der Waals surface area contributed by atoms with Gasteiger partial charge in [-0.3, -0.25) is 0 Å². The maximum absolute atomic E-state index is 13.9. The van der Waals surface area contributed by atoms with E-state index in [0.29, 0.717) is 5.57 Å². The predicted molar refractivity (Wildman–Crippen MR) is 98.6 cm³/mol. The van der Waals surface area contributed by atoms with Gasteiger partial charge in [-0.05, 0) is 41.0 Å². The third-order valence-corrected chi connectivity index (χ3v) is 2.72. The van der Waals surface area contributed by atoms with Crippen molar-refractivity contribution in [2.75, 3.05) is 13.2 Å². The van der Waals surface area contributed by atoms with Crippen molar-refractivity contribution in [2.24, 2.45) is 0 Å². The number of aliphatic hydroxyl groups is 1.